The molecule has 10 nitrogen and oxygen atoms in total. The largest absolute Gasteiger partial charge is 0.497 e. The van der Waals surface area contributed by atoms with E-state index in [4.69, 9.17) is 10.5 Å². The second kappa shape index (κ2) is 7.80. The molecule has 0 bridgehead atoms. The van der Waals surface area contributed by atoms with Gasteiger partial charge in [-0.3, -0.25) is 19.2 Å². The minimum atomic E-state index is -1.11. The number of rotatable bonds is 6. The van der Waals surface area contributed by atoms with Crippen molar-refractivity contribution in [2.45, 2.75) is 0 Å². The van der Waals surface area contributed by atoms with Gasteiger partial charge in [-0.05, 0) is 48.5 Å². The zero-order valence-corrected chi connectivity index (χ0v) is 15.2. The highest BCUT2D eigenvalue weighted by molar-refractivity contribution is 6.53. The number of nitrogens with zero attached hydrogens (tertiary/aromatic N) is 2. The number of amides is 6. The molecular formula is C19H16N4O6. The molecule has 1 heterocycles. The summed E-state index contributed by atoms with van der Waals surface area (Å²) in [5.74, 6) is -2.96. The molecule has 0 radical (unpaired) electrons. The molecule has 0 atom stereocenters. The molecule has 3 N–H and O–H groups in total. The number of nitrogens with one attached hydrogen (secondary N) is 1. The fraction of sp³-hybridized carbons (Fsp3) is 0.105. The van der Waals surface area contributed by atoms with Gasteiger partial charge in [0.25, 0.3) is 0 Å². The van der Waals surface area contributed by atoms with E-state index in [1.54, 1.807) is 0 Å². The monoisotopic (exact) mass is 396 g/mol. The summed E-state index contributed by atoms with van der Waals surface area (Å²) in [4.78, 5) is 61.5. The lowest BCUT2D eigenvalue weighted by Gasteiger charge is -2.15. The summed E-state index contributed by atoms with van der Waals surface area (Å²) >= 11 is 0. The lowest BCUT2D eigenvalue weighted by Crippen LogP contribution is -2.39. The second-order valence-electron chi connectivity index (χ2n) is 6.00. The Bertz CT molecular complexity index is 1000. The Balaban J connectivity index is 1.70. The van der Waals surface area contributed by atoms with Crippen LogP contribution < -0.4 is 20.7 Å². The molecular weight excluding hydrogens is 380 g/mol. The van der Waals surface area contributed by atoms with Gasteiger partial charge in [0.15, 0.2) is 0 Å². The molecule has 10 heteroatoms. The van der Waals surface area contributed by atoms with E-state index in [0.717, 1.165) is 0 Å². The van der Waals surface area contributed by atoms with Crippen molar-refractivity contribution in [1.29, 1.82) is 0 Å². The van der Waals surface area contributed by atoms with E-state index >= 15 is 0 Å². The summed E-state index contributed by atoms with van der Waals surface area (Å²) in [5, 5.41) is 2.48. The van der Waals surface area contributed by atoms with Crippen molar-refractivity contribution in [2.75, 3.05) is 23.9 Å². The van der Waals surface area contributed by atoms with Crippen LogP contribution in [0.1, 0.15) is 10.4 Å². The number of carbonyl (C=O) groups is 5. The van der Waals surface area contributed by atoms with Crippen LogP contribution in [0.2, 0.25) is 0 Å². The lowest BCUT2D eigenvalue weighted by atomic mass is 10.2. The minimum Gasteiger partial charge on any atom is -0.497 e. The molecule has 2 aromatic rings. The molecule has 3 rings (SSSR count). The minimum absolute atomic E-state index is 0.180. The Morgan fingerprint density at radius 1 is 0.966 bits per heavy atom. The Kier molecular flexibility index (Phi) is 5.26. The van der Waals surface area contributed by atoms with Gasteiger partial charge in [-0.1, -0.05) is 0 Å². The van der Waals surface area contributed by atoms with Crippen LogP contribution in [0.3, 0.4) is 0 Å². The normalized spacial score (nSPS) is 13.6. The van der Waals surface area contributed by atoms with Gasteiger partial charge in [0.1, 0.15) is 12.3 Å². The first-order valence-electron chi connectivity index (χ1n) is 8.35. The van der Waals surface area contributed by atoms with E-state index in [-0.39, 0.29) is 11.3 Å². The third-order valence-corrected chi connectivity index (χ3v) is 4.14. The summed E-state index contributed by atoms with van der Waals surface area (Å²) in [5.41, 5.74) is 5.91. The third kappa shape index (κ3) is 3.90. The zero-order chi connectivity index (χ0) is 21.1. The van der Waals surface area contributed by atoms with Crippen LogP contribution in [0.5, 0.6) is 5.75 Å². The molecule has 0 aliphatic carbocycles. The number of urea groups is 1. The third-order valence-electron chi connectivity index (χ3n) is 4.14. The first kappa shape index (κ1) is 19.5. The van der Waals surface area contributed by atoms with Gasteiger partial charge in [0.2, 0.25) is 11.8 Å². The smallest absolute Gasteiger partial charge is 0.339 e. The average Bonchev–Trinajstić information content (AvgIpc) is 2.92. The van der Waals surface area contributed by atoms with E-state index in [2.05, 4.69) is 5.32 Å². The molecule has 1 fully saturated rings. The molecule has 29 heavy (non-hydrogen) atoms. The van der Waals surface area contributed by atoms with Gasteiger partial charge >= 0.3 is 17.8 Å². The summed E-state index contributed by atoms with van der Waals surface area (Å²) in [6, 6.07) is 10.8. The fourth-order valence-corrected chi connectivity index (χ4v) is 2.67. The summed E-state index contributed by atoms with van der Waals surface area (Å²) in [6.45, 7) is -0.645. The number of anilines is 2. The average molecular weight is 396 g/mol. The molecule has 0 aromatic heterocycles. The Morgan fingerprint density at radius 3 is 2.14 bits per heavy atom. The highest BCUT2D eigenvalue weighted by Crippen LogP contribution is 2.24. The van der Waals surface area contributed by atoms with Gasteiger partial charge in [0.05, 0.1) is 12.8 Å². The molecule has 0 spiro atoms. The second-order valence-corrected chi connectivity index (χ2v) is 6.00. The van der Waals surface area contributed by atoms with Crippen molar-refractivity contribution in [3.8, 4) is 5.75 Å². The summed E-state index contributed by atoms with van der Waals surface area (Å²) in [7, 11) is 1.46. The van der Waals surface area contributed by atoms with Crippen LogP contribution in [-0.2, 0) is 14.4 Å². The van der Waals surface area contributed by atoms with Crippen LogP contribution in [0.25, 0.3) is 0 Å². The van der Waals surface area contributed by atoms with Crippen molar-refractivity contribution in [3.05, 3.63) is 54.1 Å². The molecule has 148 valence electrons. The van der Waals surface area contributed by atoms with Gasteiger partial charge in [-0.15, -0.1) is 0 Å². The van der Waals surface area contributed by atoms with Crippen molar-refractivity contribution < 1.29 is 28.7 Å². The van der Waals surface area contributed by atoms with E-state index < -0.39 is 36.2 Å². The first-order valence-corrected chi connectivity index (χ1v) is 8.35. The van der Waals surface area contributed by atoms with Crippen molar-refractivity contribution in [1.82, 2.24) is 4.90 Å². The molecule has 6 amide bonds. The molecule has 1 aliphatic rings. The highest BCUT2D eigenvalue weighted by atomic mass is 16.5. The zero-order valence-electron chi connectivity index (χ0n) is 15.2. The maximum atomic E-state index is 12.5. The van der Waals surface area contributed by atoms with Gasteiger partial charge in [-0.2, -0.15) is 0 Å². The van der Waals surface area contributed by atoms with Crippen LogP contribution in [-0.4, -0.2) is 48.2 Å². The number of imide groups is 2. The number of primary amides is 1. The Morgan fingerprint density at radius 2 is 1.59 bits per heavy atom. The molecule has 0 unspecified atom stereocenters. The Labute approximate surface area is 164 Å². The van der Waals surface area contributed by atoms with Crippen molar-refractivity contribution >= 4 is 41.0 Å². The van der Waals surface area contributed by atoms with E-state index in [9.17, 15) is 24.0 Å². The maximum Gasteiger partial charge on any atom is 0.339 e. The van der Waals surface area contributed by atoms with Gasteiger partial charge in [0, 0.05) is 11.3 Å². The van der Waals surface area contributed by atoms with Crippen molar-refractivity contribution in [3.63, 3.8) is 0 Å². The molecule has 2 aromatic carbocycles. The summed E-state index contributed by atoms with van der Waals surface area (Å²) in [6.07, 6.45) is 0. The quantitative estimate of drug-likeness (QED) is 0.545. The summed E-state index contributed by atoms with van der Waals surface area (Å²) < 4.78 is 5.01. The number of hydrogen-bond donors (Lipinski definition) is 2. The van der Waals surface area contributed by atoms with Crippen LogP contribution in [0.4, 0.5) is 16.2 Å². The molecule has 1 aliphatic heterocycles. The molecule has 0 saturated carbocycles. The molecule has 1 saturated heterocycles. The number of hydrogen-bond acceptors (Lipinski definition) is 6. The fourth-order valence-electron chi connectivity index (χ4n) is 2.67. The topological polar surface area (TPSA) is 139 Å². The standard InChI is InChI=1S/C19H16N4O6/c1-29-14-8-6-13(7-9-14)23-18(27)17(26)22(19(23)28)10-15(24)21-12-4-2-11(3-5-12)16(20)25/h2-9H,10H2,1H3,(H2,20,25)(H,21,24). The van der Waals surface area contributed by atoms with Gasteiger partial charge < -0.3 is 15.8 Å². The van der Waals surface area contributed by atoms with E-state index in [1.165, 1.54) is 55.6 Å². The number of methoxy groups -OCH3 is 1. The number of nitrogens with two attached hydrogens (primary N) is 1. The van der Waals surface area contributed by atoms with Gasteiger partial charge in [-0.25, -0.2) is 14.6 Å². The SMILES string of the molecule is COc1ccc(N2C(=O)C(=O)N(CC(=O)Nc3ccc(C(N)=O)cc3)C2=O)cc1. The number of ether oxygens (including phenoxy) is 1. The predicted octanol–water partition coefficient (Wildman–Crippen LogP) is 0.728. The maximum absolute atomic E-state index is 12.5. The van der Waals surface area contributed by atoms with Crippen LogP contribution >= 0.6 is 0 Å². The number of benzene rings is 2. The lowest BCUT2D eigenvalue weighted by molar-refractivity contribution is -0.140. The van der Waals surface area contributed by atoms with Crippen LogP contribution in [0, 0.1) is 0 Å². The van der Waals surface area contributed by atoms with E-state index in [0.29, 0.717) is 21.2 Å². The van der Waals surface area contributed by atoms with Crippen LogP contribution in [0.15, 0.2) is 48.5 Å². The Hall–Kier alpha value is -4.21. The van der Waals surface area contributed by atoms with Crippen molar-refractivity contribution in [2.24, 2.45) is 5.73 Å². The van der Waals surface area contributed by atoms with E-state index in [1.807, 2.05) is 0 Å². The first-order chi connectivity index (χ1) is 13.8. The highest BCUT2D eigenvalue weighted by Gasteiger charge is 2.46. The number of carbonyl (C=O) groups excluding carboxylic acids is 5. The predicted molar refractivity (Wildman–Crippen MR) is 101 cm³/mol.